The van der Waals surface area contributed by atoms with Crippen molar-refractivity contribution >= 4 is 28.2 Å². The molecule has 1 unspecified atom stereocenters. The number of fused-ring (bicyclic) bond motifs is 1. The monoisotopic (exact) mass is 490 g/mol. The number of pyridine rings is 1. The van der Waals surface area contributed by atoms with Gasteiger partial charge < -0.3 is 24.8 Å². The molecule has 36 heavy (non-hydrogen) atoms. The molecular formula is C26H30N6O4. The van der Waals surface area contributed by atoms with Gasteiger partial charge in [0.2, 0.25) is 5.89 Å². The third kappa shape index (κ3) is 5.24. The average Bonchev–Trinajstić information content (AvgIpc) is 3.56. The van der Waals surface area contributed by atoms with E-state index >= 15 is 0 Å². The van der Waals surface area contributed by atoms with E-state index in [4.69, 9.17) is 4.42 Å². The van der Waals surface area contributed by atoms with Gasteiger partial charge in [0.1, 0.15) is 6.26 Å². The van der Waals surface area contributed by atoms with Crippen molar-refractivity contribution in [1.29, 1.82) is 0 Å². The van der Waals surface area contributed by atoms with Crippen molar-refractivity contribution in [2.24, 2.45) is 0 Å². The molecule has 1 fully saturated rings. The molecule has 5 rings (SSSR count). The lowest BCUT2D eigenvalue weighted by Crippen LogP contribution is -2.23. The number of nitrogens with zero attached hydrogens (tertiary/aromatic N) is 5. The van der Waals surface area contributed by atoms with E-state index in [2.05, 4.69) is 20.4 Å². The summed E-state index contributed by atoms with van der Waals surface area (Å²) in [5.74, 6) is -0.0531. The van der Waals surface area contributed by atoms with Gasteiger partial charge in [-0.15, -0.1) is 0 Å². The Morgan fingerprint density at radius 2 is 2.14 bits per heavy atom. The number of hydrogen-bond acceptors (Lipinski definition) is 8. The summed E-state index contributed by atoms with van der Waals surface area (Å²) in [5, 5.41) is 28.7. The fourth-order valence-electron chi connectivity index (χ4n) is 4.31. The van der Waals surface area contributed by atoms with Crippen molar-refractivity contribution in [3.63, 3.8) is 0 Å². The first-order valence-electron chi connectivity index (χ1n) is 12.0. The van der Waals surface area contributed by atoms with Crippen LogP contribution in [0.1, 0.15) is 42.9 Å². The largest absolute Gasteiger partial charge is 0.444 e. The number of carbonyl (C=O) groups excluding carboxylic acids is 1. The molecule has 1 atom stereocenters. The van der Waals surface area contributed by atoms with Crippen molar-refractivity contribution in [2.75, 3.05) is 23.3 Å². The lowest BCUT2D eigenvalue weighted by molar-refractivity contribution is 0.0651. The van der Waals surface area contributed by atoms with Crippen molar-refractivity contribution in [1.82, 2.24) is 19.7 Å². The molecule has 1 amide bonds. The van der Waals surface area contributed by atoms with Crippen LogP contribution in [0.4, 0.5) is 11.4 Å². The zero-order chi connectivity index (χ0) is 25.4. The number of anilines is 2. The first-order chi connectivity index (χ1) is 17.1. The lowest BCUT2D eigenvalue weighted by atomic mass is 10.1. The molecule has 4 heterocycles. The Morgan fingerprint density at radius 1 is 1.31 bits per heavy atom. The summed E-state index contributed by atoms with van der Waals surface area (Å²) in [6.45, 7) is 7.12. The summed E-state index contributed by atoms with van der Waals surface area (Å²) < 4.78 is 7.36. The number of aryl methyl sites for hydroxylation is 2. The third-order valence-corrected chi connectivity index (χ3v) is 6.25. The van der Waals surface area contributed by atoms with Gasteiger partial charge in [0.05, 0.1) is 28.6 Å². The topological polar surface area (TPSA) is 130 Å². The molecule has 10 nitrogen and oxygen atoms in total. The maximum absolute atomic E-state index is 13.1. The number of rotatable bonds is 7. The molecule has 4 aromatic rings. The molecule has 10 heteroatoms. The van der Waals surface area contributed by atoms with Crippen LogP contribution >= 0.6 is 0 Å². The quantitative estimate of drug-likeness (QED) is 0.360. The van der Waals surface area contributed by atoms with Crippen LogP contribution in [0.5, 0.6) is 0 Å². The Labute approximate surface area is 208 Å². The molecule has 0 saturated carbocycles. The minimum Gasteiger partial charge on any atom is -0.444 e. The van der Waals surface area contributed by atoms with Crippen LogP contribution in [0.3, 0.4) is 0 Å². The second-order valence-electron chi connectivity index (χ2n) is 9.95. The summed E-state index contributed by atoms with van der Waals surface area (Å²) in [4.78, 5) is 23.7. The van der Waals surface area contributed by atoms with E-state index in [-0.39, 0.29) is 5.69 Å². The van der Waals surface area contributed by atoms with E-state index in [1.54, 1.807) is 30.8 Å². The number of aromatic nitrogens is 4. The van der Waals surface area contributed by atoms with Gasteiger partial charge in [-0.3, -0.25) is 14.5 Å². The Hall–Kier alpha value is -3.76. The van der Waals surface area contributed by atoms with Gasteiger partial charge in [-0.25, -0.2) is 4.98 Å². The highest BCUT2D eigenvalue weighted by molar-refractivity contribution is 6.06. The van der Waals surface area contributed by atoms with Crippen molar-refractivity contribution in [2.45, 2.75) is 51.9 Å². The summed E-state index contributed by atoms with van der Waals surface area (Å²) in [6, 6.07) is 7.43. The Kier molecular flexibility index (Phi) is 6.23. The maximum atomic E-state index is 13.1. The van der Waals surface area contributed by atoms with Crippen LogP contribution in [0.2, 0.25) is 0 Å². The van der Waals surface area contributed by atoms with Gasteiger partial charge in [-0.05, 0) is 57.9 Å². The Balaban J connectivity index is 1.44. The minimum absolute atomic E-state index is 0.160. The van der Waals surface area contributed by atoms with Gasteiger partial charge in [-0.1, -0.05) is 0 Å². The SMILES string of the molecule is Cc1cc(-c2nc(C(=O)Nc3cc4cn(CCC(C)(C)O)nc4cc3N3CCC(O)C3)co2)ccn1. The van der Waals surface area contributed by atoms with Gasteiger partial charge in [-0.2, -0.15) is 5.10 Å². The summed E-state index contributed by atoms with van der Waals surface area (Å²) in [6.07, 6.45) is 5.70. The Bertz CT molecular complexity index is 1400. The molecule has 0 spiro atoms. The summed E-state index contributed by atoms with van der Waals surface area (Å²) in [5.41, 5.74) is 3.10. The van der Waals surface area contributed by atoms with Crippen molar-refractivity contribution < 1.29 is 19.4 Å². The number of hydrogen-bond donors (Lipinski definition) is 3. The molecule has 1 aliphatic heterocycles. The van der Waals surface area contributed by atoms with E-state index in [9.17, 15) is 15.0 Å². The predicted octanol–water partition coefficient (Wildman–Crippen LogP) is 3.38. The molecule has 1 aromatic carbocycles. The summed E-state index contributed by atoms with van der Waals surface area (Å²) in [7, 11) is 0. The molecule has 0 bridgehead atoms. The van der Waals surface area contributed by atoms with Crippen LogP contribution < -0.4 is 10.2 Å². The fraction of sp³-hybridized carbons (Fsp3) is 0.385. The standard InChI is InChI=1S/C26H30N6O4/c1-16-10-17(4-7-27-16)25-29-22(15-36-25)24(34)28-21-11-18-13-32(9-6-26(2,3)35)30-20(18)12-23(21)31-8-5-19(33)14-31/h4,7,10-13,15,19,33,35H,5-6,8-9,14H2,1-3H3,(H,28,34). The molecule has 1 aliphatic rings. The third-order valence-electron chi connectivity index (χ3n) is 6.25. The average molecular weight is 491 g/mol. The molecule has 3 aromatic heterocycles. The molecular weight excluding hydrogens is 460 g/mol. The van der Waals surface area contributed by atoms with Gasteiger partial charge in [0, 0.05) is 48.7 Å². The lowest BCUT2D eigenvalue weighted by Gasteiger charge is -2.21. The molecule has 3 N–H and O–H groups in total. The van der Waals surface area contributed by atoms with Crippen LogP contribution in [0.15, 0.2) is 47.3 Å². The van der Waals surface area contributed by atoms with E-state index in [0.717, 1.165) is 27.8 Å². The second-order valence-corrected chi connectivity index (χ2v) is 9.95. The van der Waals surface area contributed by atoms with Crippen LogP contribution in [0.25, 0.3) is 22.4 Å². The predicted molar refractivity (Wildman–Crippen MR) is 136 cm³/mol. The zero-order valence-electron chi connectivity index (χ0n) is 20.6. The summed E-state index contributed by atoms with van der Waals surface area (Å²) >= 11 is 0. The first kappa shape index (κ1) is 24.0. The van der Waals surface area contributed by atoms with E-state index in [1.807, 2.05) is 36.2 Å². The van der Waals surface area contributed by atoms with Gasteiger partial charge in [0.25, 0.3) is 5.91 Å². The number of benzene rings is 1. The number of oxazole rings is 1. The van der Waals surface area contributed by atoms with Crippen molar-refractivity contribution in [3.05, 3.63) is 54.3 Å². The second kappa shape index (κ2) is 9.36. The molecule has 1 saturated heterocycles. The van der Waals surface area contributed by atoms with Crippen molar-refractivity contribution in [3.8, 4) is 11.5 Å². The number of nitrogens with one attached hydrogen (secondary N) is 1. The number of aliphatic hydroxyl groups excluding tert-OH is 1. The number of aliphatic hydroxyl groups is 2. The fourth-order valence-corrected chi connectivity index (χ4v) is 4.31. The molecule has 0 aliphatic carbocycles. The van der Waals surface area contributed by atoms with E-state index < -0.39 is 17.6 Å². The number of carbonyl (C=O) groups is 1. The van der Waals surface area contributed by atoms with E-state index in [1.165, 1.54) is 6.26 Å². The molecule has 0 radical (unpaired) electrons. The minimum atomic E-state index is -0.792. The zero-order valence-corrected chi connectivity index (χ0v) is 20.6. The molecule has 188 valence electrons. The number of β-amino-alcohol motifs (C(OH)–C–C–N with tert-alkyl or cyclic N) is 1. The Morgan fingerprint density at radius 3 is 2.86 bits per heavy atom. The number of amides is 1. The van der Waals surface area contributed by atoms with Crippen LogP contribution in [0, 0.1) is 6.92 Å². The van der Waals surface area contributed by atoms with Crippen LogP contribution in [-0.4, -0.2) is 60.7 Å². The van der Waals surface area contributed by atoms with Gasteiger partial charge in [0.15, 0.2) is 5.69 Å². The highest BCUT2D eigenvalue weighted by atomic mass is 16.3. The van der Waals surface area contributed by atoms with Crippen LogP contribution in [-0.2, 0) is 6.54 Å². The smallest absolute Gasteiger partial charge is 0.277 e. The highest BCUT2D eigenvalue weighted by Gasteiger charge is 2.25. The maximum Gasteiger partial charge on any atom is 0.277 e. The first-order valence-corrected chi connectivity index (χ1v) is 12.0. The normalized spacial score (nSPS) is 16.1. The highest BCUT2D eigenvalue weighted by Crippen LogP contribution is 2.34. The van der Waals surface area contributed by atoms with Gasteiger partial charge >= 0.3 is 0 Å². The van der Waals surface area contributed by atoms with E-state index in [0.29, 0.717) is 44.1 Å².